The molecule has 0 atom stereocenters. The van der Waals surface area contributed by atoms with Gasteiger partial charge in [0.25, 0.3) is 0 Å². The van der Waals surface area contributed by atoms with Crippen LogP contribution in [0, 0.1) is 0 Å². The first kappa shape index (κ1) is 14.1. The van der Waals surface area contributed by atoms with E-state index in [0.717, 1.165) is 0 Å². The van der Waals surface area contributed by atoms with Crippen LogP contribution in [0.2, 0.25) is 0 Å². The second kappa shape index (κ2) is 7.20. The standard InChI is InChI=1S/C15H28O3Si/c1-2-8-13(7-1)16-19(17-14-9-3-4-10-14)18-15-11-5-6-12-15/h13-15,19H,1-12H2. The van der Waals surface area contributed by atoms with Crippen molar-refractivity contribution in [3.8, 4) is 0 Å². The molecule has 0 amide bonds. The van der Waals surface area contributed by atoms with Gasteiger partial charge in [0.05, 0.1) is 0 Å². The first-order valence-corrected chi connectivity index (χ1v) is 9.78. The van der Waals surface area contributed by atoms with Crippen LogP contribution in [0.3, 0.4) is 0 Å². The summed E-state index contributed by atoms with van der Waals surface area (Å²) < 4.78 is 18.7. The van der Waals surface area contributed by atoms with Crippen LogP contribution < -0.4 is 0 Å². The molecule has 0 saturated heterocycles. The van der Waals surface area contributed by atoms with Gasteiger partial charge in [-0.15, -0.1) is 0 Å². The molecule has 0 heterocycles. The Morgan fingerprint density at radius 2 is 0.737 bits per heavy atom. The average Bonchev–Trinajstić information content (AvgIpc) is 3.10. The van der Waals surface area contributed by atoms with Crippen molar-refractivity contribution >= 4 is 9.53 Å². The van der Waals surface area contributed by atoms with Gasteiger partial charge < -0.3 is 13.3 Å². The predicted molar refractivity (Wildman–Crippen MR) is 77.2 cm³/mol. The molecule has 0 unspecified atom stereocenters. The molecule has 0 bridgehead atoms. The van der Waals surface area contributed by atoms with Crippen LogP contribution in [0.5, 0.6) is 0 Å². The van der Waals surface area contributed by atoms with E-state index in [1.807, 2.05) is 0 Å². The third kappa shape index (κ3) is 4.28. The first-order chi connectivity index (χ1) is 9.40. The zero-order valence-electron chi connectivity index (χ0n) is 12.0. The van der Waals surface area contributed by atoms with E-state index in [1.54, 1.807) is 0 Å². The molecule has 0 aromatic carbocycles. The summed E-state index contributed by atoms with van der Waals surface area (Å²) in [6.07, 6.45) is 16.5. The lowest BCUT2D eigenvalue weighted by Gasteiger charge is -2.26. The third-order valence-electron chi connectivity index (χ3n) is 4.82. The van der Waals surface area contributed by atoms with E-state index in [0.29, 0.717) is 18.3 Å². The van der Waals surface area contributed by atoms with Crippen molar-refractivity contribution in [2.75, 3.05) is 0 Å². The van der Waals surface area contributed by atoms with Crippen LogP contribution in [0.25, 0.3) is 0 Å². The molecule has 0 N–H and O–H groups in total. The van der Waals surface area contributed by atoms with Gasteiger partial charge in [0.2, 0.25) is 0 Å². The first-order valence-electron chi connectivity index (χ1n) is 8.36. The van der Waals surface area contributed by atoms with Crippen LogP contribution in [0.15, 0.2) is 0 Å². The molecular weight excluding hydrogens is 256 g/mol. The summed E-state index contributed by atoms with van der Waals surface area (Å²) in [4.78, 5) is 0. The lowest BCUT2D eigenvalue weighted by Crippen LogP contribution is -2.37. The molecule has 3 aliphatic rings. The minimum absolute atomic E-state index is 0.430. The van der Waals surface area contributed by atoms with Crippen LogP contribution in [0.1, 0.15) is 77.0 Å². The molecule has 3 nitrogen and oxygen atoms in total. The summed E-state index contributed by atoms with van der Waals surface area (Å²) in [5, 5.41) is 0. The zero-order chi connectivity index (χ0) is 12.9. The third-order valence-corrected chi connectivity index (χ3v) is 6.64. The van der Waals surface area contributed by atoms with E-state index in [2.05, 4.69) is 0 Å². The Bertz CT molecular complexity index is 213. The normalized spacial score (nSPS) is 27.0. The molecule has 3 saturated carbocycles. The fourth-order valence-electron chi connectivity index (χ4n) is 3.64. The number of hydrogen-bond donors (Lipinski definition) is 0. The molecule has 3 aliphatic carbocycles. The van der Waals surface area contributed by atoms with Crippen molar-refractivity contribution in [1.82, 2.24) is 0 Å². The van der Waals surface area contributed by atoms with E-state index in [4.69, 9.17) is 13.3 Å². The van der Waals surface area contributed by atoms with E-state index in [-0.39, 0.29) is 0 Å². The van der Waals surface area contributed by atoms with Crippen LogP contribution >= 0.6 is 0 Å². The van der Waals surface area contributed by atoms with Crippen molar-refractivity contribution < 1.29 is 13.3 Å². The maximum atomic E-state index is 6.23. The quantitative estimate of drug-likeness (QED) is 0.698. The minimum atomic E-state index is -1.89. The average molecular weight is 284 g/mol. The number of hydrogen-bond acceptors (Lipinski definition) is 3. The van der Waals surface area contributed by atoms with E-state index in [1.165, 1.54) is 77.0 Å². The monoisotopic (exact) mass is 284 g/mol. The molecule has 0 aliphatic heterocycles. The van der Waals surface area contributed by atoms with Gasteiger partial charge in [-0.1, -0.05) is 38.5 Å². The zero-order valence-corrected chi connectivity index (χ0v) is 13.2. The Balaban J connectivity index is 1.49. The highest BCUT2D eigenvalue weighted by Crippen LogP contribution is 2.28. The highest BCUT2D eigenvalue weighted by Gasteiger charge is 2.31. The van der Waals surface area contributed by atoms with Crippen LogP contribution in [-0.2, 0) is 13.3 Å². The van der Waals surface area contributed by atoms with E-state index < -0.39 is 9.53 Å². The Morgan fingerprint density at radius 1 is 0.474 bits per heavy atom. The summed E-state index contributed by atoms with van der Waals surface area (Å²) in [5.74, 6) is 0. The maximum absolute atomic E-state index is 6.23. The lowest BCUT2D eigenvalue weighted by molar-refractivity contribution is 0.0127. The Labute approximate surface area is 119 Å². The summed E-state index contributed by atoms with van der Waals surface area (Å²) >= 11 is 0. The van der Waals surface area contributed by atoms with Gasteiger partial charge in [0.15, 0.2) is 0 Å². The topological polar surface area (TPSA) is 27.7 Å². The van der Waals surface area contributed by atoms with Crippen molar-refractivity contribution in [3.05, 3.63) is 0 Å². The molecule has 0 radical (unpaired) electrons. The Kier molecular flexibility index (Phi) is 5.33. The van der Waals surface area contributed by atoms with Crippen molar-refractivity contribution in [2.24, 2.45) is 0 Å². The smallest absolute Gasteiger partial charge is 0.373 e. The van der Waals surface area contributed by atoms with Crippen LogP contribution in [0.4, 0.5) is 0 Å². The predicted octanol–water partition coefficient (Wildman–Crippen LogP) is 3.58. The minimum Gasteiger partial charge on any atom is -0.373 e. The summed E-state index contributed by atoms with van der Waals surface area (Å²) in [6, 6.07) is 0. The Morgan fingerprint density at radius 3 is 1.00 bits per heavy atom. The van der Waals surface area contributed by atoms with Crippen molar-refractivity contribution in [3.63, 3.8) is 0 Å². The second-order valence-electron chi connectivity index (χ2n) is 6.42. The highest BCUT2D eigenvalue weighted by molar-refractivity contribution is 6.36. The van der Waals surface area contributed by atoms with Gasteiger partial charge in [-0.2, -0.15) is 0 Å². The fourth-order valence-corrected chi connectivity index (χ4v) is 5.59. The second-order valence-corrected chi connectivity index (χ2v) is 7.81. The summed E-state index contributed by atoms with van der Waals surface area (Å²) in [7, 11) is -1.89. The molecule has 0 spiro atoms. The molecule has 19 heavy (non-hydrogen) atoms. The molecule has 3 rings (SSSR count). The highest BCUT2D eigenvalue weighted by atomic mass is 28.3. The number of rotatable bonds is 6. The molecule has 0 aromatic heterocycles. The maximum Gasteiger partial charge on any atom is 0.484 e. The Hall–Kier alpha value is 0.0969. The van der Waals surface area contributed by atoms with Crippen molar-refractivity contribution in [1.29, 1.82) is 0 Å². The van der Waals surface area contributed by atoms with Gasteiger partial charge in [0, 0.05) is 18.3 Å². The van der Waals surface area contributed by atoms with E-state index in [9.17, 15) is 0 Å². The molecular formula is C15H28O3Si. The molecule has 0 aromatic rings. The summed E-state index contributed by atoms with van der Waals surface area (Å²) in [6.45, 7) is 0. The van der Waals surface area contributed by atoms with Gasteiger partial charge >= 0.3 is 9.53 Å². The van der Waals surface area contributed by atoms with E-state index >= 15 is 0 Å². The molecule has 3 fully saturated rings. The molecule has 110 valence electrons. The van der Waals surface area contributed by atoms with Crippen LogP contribution in [-0.4, -0.2) is 27.8 Å². The van der Waals surface area contributed by atoms with Gasteiger partial charge in [-0.25, -0.2) is 0 Å². The van der Waals surface area contributed by atoms with Gasteiger partial charge in [-0.3, -0.25) is 0 Å². The lowest BCUT2D eigenvalue weighted by atomic mass is 10.3. The summed E-state index contributed by atoms with van der Waals surface area (Å²) in [5.41, 5.74) is 0. The SMILES string of the molecule is C1CCC(O[SiH](OC2CCCC2)OC2CCCC2)C1. The van der Waals surface area contributed by atoms with Gasteiger partial charge in [-0.05, 0) is 38.5 Å². The van der Waals surface area contributed by atoms with Gasteiger partial charge in [0.1, 0.15) is 0 Å². The van der Waals surface area contributed by atoms with Crippen molar-refractivity contribution in [2.45, 2.75) is 95.4 Å². The largest absolute Gasteiger partial charge is 0.484 e. The fraction of sp³-hybridized carbons (Fsp3) is 1.00. The molecule has 4 heteroatoms.